The van der Waals surface area contributed by atoms with Crippen LogP contribution in [0.25, 0.3) is 0 Å². The van der Waals surface area contributed by atoms with E-state index in [9.17, 15) is 9.59 Å². The van der Waals surface area contributed by atoms with Gasteiger partial charge < -0.3 is 10.2 Å². The predicted molar refractivity (Wildman–Crippen MR) is 109 cm³/mol. The number of fused-ring (bicyclic) bond motifs is 1. The Kier molecular flexibility index (Phi) is 5.32. The summed E-state index contributed by atoms with van der Waals surface area (Å²) >= 11 is 0. The molecule has 148 valence electrons. The average Bonchev–Trinajstić information content (AvgIpc) is 3.17. The second-order valence-corrected chi connectivity index (χ2v) is 7.66. The van der Waals surface area contributed by atoms with Gasteiger partial charge in [0.1, 0.15) is 0 Å². The molecule has 0 unspecified atom stereocenters. The van der Waals surface area contributed by atoms with E-state index in [0.29, 0.717) is 30.8 Å². The third kappa shape index (κ3) is 3.62. The normalized spacial score (nSPS) is 23.9. The van der Waals surface area contributed by atoms with Crippen LogP contribution in [0.15, 0.2) is 54.6 Å². The summed E-state index contributed by atoms with van der Waals surface area (Å²) in [6, 6.07) is 19.1. The lowest BCUT2D eigenvalue weighted by Gasteiger charge is -2.39. The Morgan fingerprint density at radius 2 is 1.86 bits per heavy atom. The van der Waals surface area contributed by atoms with E-state index in [0.717, 1.165) is 12.1 Å². The van der Waals surface area contributed by atoms with Gasteiger partial charge in [0, 0.05) is 50.7 Å². The standard InChI is InChI=1S/C23H24N4O2/c1-25-22(28)19-14-26-10-11-27(23(29)18-9-5-6-16(12-18)13-24)15-20(26)21(19)17-7-3-2-4-8-17/h2-9,12,19-21H,10-11,14-15H2,1H3,(H,25,28)/t19-,20-,21+/m1/s1. The summed E-state index contributed by atoms with van der Waals surface area (Å²) < 4.78 is 0. The number of carbonyl (C=O) groups excluding carboxylic acids is 2. The van der Waals surface area contributed by atoms with Crippen LogP contribution >= 0.6 is 0 Å². The fourth-order valence-electron chi connectivity index (χ4n) is 4.70. The van der Waals surface area contributed by atoms with Crippen molar-refractivity contribution >= 4 is 11.8 Å². The number of nitrogens with zero attached hydrogens (tertiary/aromatic N) is 3. The number of nitriles is 1. The Hall–Kier alpha value is -3.17. The van der Waals surface area contributed by atoms with E-state index in [1.807, 2.05) is 23.1 Å². The van der Waals surface area contributed by atoms with Gasteiger partial charge >= 0.3 is 0 Å². The highest BCUT2D eigenvalue weighted by atomic mass is 16.2. The zero-order chi connectivity index (χ0) is 20.4. The molecule has 2 amide bonds. The molecule has 0 spiro atoms. The molecular weight excluding hydrogens is 364 g/mol. The van der Waals surface area contributed by atoms with Crippen LogP contribution in [0.1, 0.15) is 27.4 Å². The molecule has 4 rings (SSSR count). The van der Waals surface area contributed by atoms with Crippen molar-refractivity contribution < 1.29 is 9.59 Å². The summed E-state index contributed by atoms with van der Waals surface area (Å²) in [5.74, 6) is -0.105. The first-order valence-electron chi connectivity index (χ1n) is 9.92. The van der Waals surface area contributed by atoms with Crippen LogP contribution in [0.3, 0.4) is 0 Å². The van der Waals surface area contributed by atoms with Gasteiger partial charge in [0.05, 0.1) is 17.6 Å². The molecule has 1 N–H and O–H groups in total. The largest absolute Gasteiger partial charge is 0.359 e. The van der Waals surface area contributed by atoms with Crippen molar-refractivity contribution in [3.05, 3.63) is 71.3 Å². The first kappa shape index (κ1) is 19.2. The number of rotatable bonds is 3. The topological polar surface area (TPSA) is 76.4 Å². The molecule has 2 saturated heterocycles. The van der Waals surface area contributed by atoms with Crippen molar-refractivity contribution in [1.29, 1.82) is 5.26 Å². The number of carbonyl (C=O) groups is 2. The molecule has 6 nitrogen and oxygen atoms in total. The number of nitrogens with one attached hydrogen (secondary N) is 1. The molecule has 2 aliphatic heterocycles. The van der Waals surface area contributed by atoms with Crippen molar-refractivity contribution in [3.8, 4) is 6.07 Å². The van der Waals surface area contributed by atoms with Crippen LogP contribution in [0.4, 0.5) is 0 Å². The van der Waals surface area contributed by atoms with Gasteiger partial charge in [-0.05, 0) is 23.8 Å². The Bertz CT molecular complexity index is 953. The van der Waals surface area contributed by atoms with Gasteiger partial charge in [0.25, 0.3) is 5.91 Å². The molecule has 0 radical (unpaired) electrons. The highest BCUT2D eigenvalue weighted by Crippen LogP contribution is 2.40. The Morgan fingerprint density at radius 1 is 1.07 bits per heavy atom. The molecule has 29 heavy (non-hydrogen) atoms. The van der Waals surface area contributed by atoms with Crippen molar-refractivity contribution in [3.63, 3.8) is 0 Å². The third-order valence-electron chi connectivity index (χ3n) is 6.11. The molecule has 0 aliphatic carbocycles. The molecule has 6 heteroatoms. The van der Waals surface area contributed by atoms with Crippen LogP contribution < -0.4 is 5.32 Å². The lowest BCUT2D eigenvalue weighted by Crippen LogP contribution is -2.53. The molecule has 2 fully saturated rings. The maximum atomic E-state index is 13.1. The van der Waals surface area contributed by atoms with E-state index in [-0.39, 0.29) is 29.7 Å². The second-order valence-electron chi connectivity index (χ2n) is 7.66. The van der Waals surface area contributed by atoms with Crippen LogP contribution in [0, 0.1) is 17.2 Å². The molecule has 0 aromatic heterocycles. The molecule has 3 atom stereocenters. The van der Waals surface area contributed by atoms with Crippen molar-refractivity contribution in [1.82, 2.24) is 15.1 Å². The molecule has 0 bridgehead atoms. The maximum absolute atomic E-state index is 13.1. The number of hydrogen-bond acceptors (Lipinski definition) is 4. The molecule has 2 heterocycles. The van der Waals surface area contributed by atoms with E-state index in [1.54, 1.807) is 31.3 Å². The van der Waals surface area contributed by atoms with Gasteiger partial charge in [0.15, 0.2) is 0 Å². The van der Waals surface area contributed by atoms with Gasteiger partial charge in [-0.25, -0.2) is 0 Å². The van der Waals surface area contributed by atoms with Gasteiger partial charge in [-0.2, -0.15) is 5.26 Å². The lowest BCUT2D eigenvalue weighted by molar-refractivity contribution is -0.124. The zero-order valence-electron chi connectivity index (χ0n) is 16.4. The molecule has 0 saturated carbocycles. The molecule has 2 aromatic carbocycles. The average molecular weight is 388 g/mol. The van der Waals surface area contributed by atoms with Crippen molar-refractivity contribution in [2.75, 3.05) is 33.2 Å². The predicted octanol–water partition coefficient (Wildman–Crippen LogP) is 1.84. The van der Waals surface area contributed by atoms with Crippen LogP contribution in [-0.2, 0) is 4.79 Å². The Labute approximate surface area is 170 Å². The van der Waals surface area contributed by atoms with Crippen LogP contribution in [0.5, 0.6) is 0 Å². The number of hydrogen-bond donors (Lipinski definition) is 1. The van der Waals surface area contributed by atoms with E-state index in [2.05, 4.69) is 28.4 Å². The monoisotopic (exact) mass is 388 g/mol. The number of benzene rings is 2. The first-order chi connectivity index (χ1) is 14.1. The highest BCUT2D eigenvalue weighted by Gasteiger charge is 2.48. The summed E-state index contributed by atoms with van der Waals surface area (Å²) in [5.41, 5.74) is 2.15. The van der Waals surface area contributed by atoms with Crippen molar-refractivity contribution in [2.24, 2.45) is 5.92 Å². The van der Waals surface area contributed by atoms with E-state index in [1.165, 1.54) is 0 Å². The third-order valence-corrected chi connectivity index (χ3v) is 6.11. The van der Waals surface area contributed by atoms with Gasteiger partial charge in [0.2, 0.25) is 5.91 Å². The van der Waals surface area contributed by atoms with Gasteiger partial charge in [-0.1, -0.05) is 36.4 Å². The van der Waals surface area contributed by atoms with Gasteiger partial charge in [-0.3, -0.25) is 14.5 Å². The summed E-state index contributed by atoms with van der Waals surface area (Å²) in [6.07, 6.45) is 0. The lowest BCUT2D eigenvalue weighted by atomic mass is 9.83. The zero-order valence-corrected chi connectivity index (χ0v) is 16.4. The molecular formula is C23H24N4O2. The number of piperazine rings is 1. The molecule has 2 aromatic rings. The maximum Gasteiger partial charge on any atom is 0.253 e. The van der Waals surface area contributed by atoms with E-state index >= 15 is 0 Å². The fourth-order valence-corrected chi connectivity index (χ4v) is 4.70. The summed E-state index contributed by atoms with van der Waals surface area (Å²) in [5, 5.41) is 11.9. The second kappa shape index (κ2) is 8.06. The summed E-state index contributed by atoms with van der Waals surface area (Å²) in [4.78, 5) is 29.9. The van der Waals surface area contributed by atoms with Crippen LogP contribution in [-0.4, -0.2) is 60.9 Å². The minimum Gasteiger partial charge on any atom is -0.359 e. The Balaban J connectivity index is 1.61. The minimum atomic E-state index is -0.135. The quantitative estimate of drug-likeness (QED) is 0.871. The number of amides is 2. The Morgan fingerprint density at radius 3 is 2.59 bits per heavy atom. The SMILES string of the molecule is CNC(=O)[C@@H]1CN2CCN(C(=O)c3cccc(C#N)c3)C[C@@H]2[C@H]1c1ccccc1. The first-order valence-corrected chi connectivity index (χ1v) is 9.92. The van der Waals surface area contributed by atoms with Gasteiger partial charge in [-0.15, -0.1) is 0 Å². The fraction of sp³-hybridized carbons (Fsp3) is 0.348. The van der Waals surface area contributed by atoms with Crippen molar-refractivity contribution in [2.45, 2.75) is 12.0 Å². The molecule has 2 aliphatic rings. The summed E-state index contributed by atoms with van der Waals surface area (Å²) in [6.45, 7) is 2.64. The minimum absolute atomic E-state index is 0.0391. The van der Waals surface area contributed by atoms with Crippen LogP contribution in [0.2, 0.25) is 0 Å². The summed E-state index contributed by atoms with van der Waals surface area (Å²) in [7, 11) is 1.68. The highest BCUT2D eigenvalue weighted by molar-refractivity contribution is 5.94. The smallest absolute Gasteiger partial charge is 0.253 e. The van der Waals surface area contributed by atoms with E-state index in [4.69, 9.17) is 5.26 Å². The van der Waals surface area contributed by atoms with E-state index < -0.39 is 0 Å².